The van der Waals surface area contributed by atoms with Crippen LogP contribution in [0.15, 0.2) is 24.3 Å². The highest BCUT2D eigenvalue weighted by Gasteiger charge is 2.24. The second kappa shape index (κ2) is 6.27. The molecule has 20 heavy (non-hydrogen) atoms. The molecule has 0 bridgehead atoms. The van der Waals surface area contributed by atoms with Crippen LogP contribution in [0.2, 0.25) is 0 Å². The lowest BCUT2D eigenvalue weighted by Crippen LogP contribution is -2.40. The van der Waals surface area contributed by atoms with Crippen LogP contribution in [0.5, 0.6) is 5.75 Å². The second-order valence-electron chi connectivity index (χ2n) is 5.57. The molecule has 0 spiro atoms. The lowest BCUT2D eigenvalue weighted by molar-refractivity contribution is 0.0747. The quantitative estimate of drug-likeness (QED) is 0.917. The van der Waals surface area contributed by atoms with E-state index in [1.807, 2.05) is 29.2 Å². The number of fused-ring (bicyclic) bond motifs is 1. The van der Waals surface area contributed by atoms with Crippen molar-refractivity contribution in [1.82, 2.24) is 10.2 Å². The van der Waals surface area contributed by atoms with Crippen molar-refractivity contribution >= 4 is 5.91 Å². The van der Waals surface area contributed by atoms with Gasteiger partial charge in [-0.3, -0.25) is 4.79 Å². The van der Waals surface area contributed by atoms with Crippen molar-refractivity contribution in [3.05, 3.63) is 29.8 Å². The summed E-state index contributed by atoms with van der Waals surface area (Å²) in [6.07, 6.45) is 4.85. The van der Waals surface area contributed by atoms with E-state index in [9.17, 15) is 4.79 Å². The van der Waals surface area contributed by atoms with E-state index in [0.29, 0.717) is 24.8 Å². The summed E-state index contributed by atoms with van der Waals surface area (Å²) in [7, 11) is 0. The van der Waals surface area contributed by atoms with Gasteiger partial charge in [0.1, 0.15) is 12.4 Å². The third kappa shape index (κ3) is 2.96. The number of nitrogens with zero attached hydrogens (tertiary/aromatic N) is 1. The molecule has 1 unspecified atom stereocenters. The Hall–Kier alpha value is -1.55. The number of rotatable bonds is 3. The summed E-state index contributed by atoms with van der Waals surface area (Å²) in [6, 6.07) is 8.10. The number of hydrogen-bond donors (Lipinski definition) is 1. The predicted molar refractivity (Wildman–Crippen MR) is 78.1 cm³/mol. The third-order valence-corrected chi connectivity index (χ3v) is 4.18. The van der Waals surface area contributed by atoms with Crippen molar-refractivity contribution in [2.75, 3.05) is 26.2 Å². The largest absolute Gasteiger partial charge is 0.491 e. The van der Waals surface area contributed by atoms with Crippen molar-refractivity contribution in [2.24, 2.45) is 0 Å². The van der Waals surface area contributed by atoms with Gasteiger partial charge in [0.25, 0.3) is 5.91 Å². The van der Waals surface area contributed by atoms with Crippen LogP contribution in [0.3, 0.4) is 0 Å². The lowest BCUT2D eigenvalue weighted by Gasteiger charge is -2.27. The SMILES string of the molecule is O=C1c2ccccc2OCCN1CCC1CCCCN1. The molecule has 4 nitrogen and oxygen atoms in total. The summed E-state index contributed by atoms with van der Waals surface area (Å²) >= 11 is 0. The molecule has 4 heteroatoms. The van der Waals surface area contributed by atoms with Gasteiger partial charge in [0, 0.05) is 12.6 Å². The van der Waals surface area contributed by atoms with Crippen LogP contribution in [0, 0.1) is 0 Å². The van der Waals surface area contributed by atoms with Gasteiger partial charge in [-0.2, -0.15) is 0 Å². The molecule has 0 aliphatic carbocycles. The molecule has 1 aromatic carbocycles. The first-order chi connectivity index (χ1) is 9.84. The molecule has 1 N–H and O–H groups in total. The number of carbonyl (C=O) groups excluding carboxylic acids is 1. The van der Waals surface area contributed by atoms with Gasteiger partial charge in [0.15, 0.2) is 0 Å². The maximum absolute atomic E-state index is 12.5. The molecule has 108 valence electrons. The molecular formula is C16H22N2O2. The van der Waals surface area contributed by atoms with E-state index >= 15 is 0 Å². The summed E-state index contributed by atoms with van der Waals surface area (Å²) in [5.74, 6) is 0.824. The van der Waals surface area contributed by atoms with Crippen LogP contribution in [0.1, 0.15) is 36.0 Å². The zero-order chi connectivity index (χ0) is 13.8. The molecule has 0 aromatic heterocycles. The summed E-state index contributed by atoms with van der Waals surface area (Å²) in [4.78, 5) is 14.5. The van der Waals surface area contributed by atoms with E-state index in [0.717, 1.165) is 25.3 Å². The van der Waals surface area contributed by atoms with Crippen LogP contribution in [0.4, 0.5) is 0 Å². The molecule has 2 heterocycles. The summed E-state index contributed by atoms with van der Waals surface area (Å²) in [6.45, 7) is 3.19. The van der Waals surface area contributed by atoms with Gasteiger partial charge >= 0.3 is 0 Å². The van der Waals surface area contributed by atoms with E-state index in [4.69, 9.17) is 4.74 Å². The number of benzene rings is 1. The molecule has 3 rings (SSSR count). The first kappa shape index (κ1) is 13.4. The van der Waals surface area contributed by atoms with Crippen LogP contribution in [-0.2, 0) is 0 Å². The van der Waals surface area contributed by atoms with Crippen molar-refractivity contribution in [1.29, 1.82) is 0 Å². The fraction of sp³-hybridized carbons (Fsp3) is 0.562. The molecule has 1 aromatic rings. The Labute approximate surface area is 120 Å². The second-order valence-corrected chi connectivity index (χ2v) is 5.57. The van der Waals surface area contributed by atoms with Gasteiger partial charge in [-0.05, 0) is 37.9 Å². The van der Waals surface area contributed by atoms with E-state index in [2.05, 4.69) is 5.32 Å². The molecule has 0 saturated carbocycles. The Morgan fingerprint density at radius 2 is 2.20 bits per heavy atom. The fourth-order valence-corrected chi connectivity index (χ4v) is 3.00. The predicted octanol–water partition coefficient (Wildman–Crippen LogP) is 2.05. The number of carbonyl (C=O) groups is 1. The summed E-state index contributed by atoms with van der Waals surface area (Å²) < 4.78 is 5.66. The Bertz CT molecular complexity index is 469. The highest BCUT2D eigenvalue weighted by atomic mass is 16.5. The molecule has 1 atom stereocenters. The Morgan fingerprint density at radius 1 is 1.30 bits per heavy atom. The molecule has 1 saturated heterocycles. The molecule has 2 aliphatic heterocycles. The summed E-state index contributed by atoms with van der Waals surface area (Å²) in [5.41, 5.74) is 0.696. The van der Waals surface area contributed by atoms with Gasteiger partial charge in [0.2, 0.25) is 0 Å². The van der Waals surface area contributed by atoms with E-state index in [1.54, 1.807) is 0 Å². The number of piperidine rings is 1. The highest BCUT2D eigenvalue weighted by Crippen LogP contribution is 2.23. The van der Waals surface area contributed by atoms with Crippen molar-refractivity contribution in [3.8, 4) is 5.75 Å². The van der Waals surface area contributed by atoms with E-state index in [1.165, 1.54) is 19.3 Å². The Kier molecular flexibility index (Phi) is 4.21. The minimum absolute atomic E-state index is 0.105. The Balaban J connectivity index is 1.63. The van der Waals surface area contributed by atoms with Gasteiger partial charge in [-0.15, -0.1) is 0 Å². The average Bonchev–Trinajstić information content (AvgIpc) is 2.66. The van der Waals surface area contributed by atoms with E-state index < -0.39 is 0 Å². The highest BCUT2D eigenvalue weighted by molar-refractivity contribution is 5.97. The number of nitrogens with one attached hydrogen (secondary N) is 1. The van der Waals surface area contributed by atoms with Crippen LogP contribution in [0.25, 0.3) is 0 Å². The summed E-state index contributed by atoms with van der Waals surface area (Å²) in [5, 5.41) is 3.54. The smallest absolute Gasteiger partial charge is 0.257 e. The average molecular weight is 274 g/mol. The number of ether oxygens (including phenoxy) is 1. The van der Waals surface area contributed by atoms with Gasteiger partial charge in [0.05, 0.1) is 12.1 Å². The van der Waals surface area contributed by atoms with Crippen LogP contribution < -0.4 is 10.1 Å². The minimum atomic E-state index is 0.105. The molecular weight excluding hydrogens is 252 g/mol. The topological polar surface area (TPSA) is 41.6 Å². The van der Waals surface area contributed by atoms with Gasteiger partial charge in [-0.1, -0.05) is 18.6 Å². The maximum Gasteiger partial charge on any atom is 0.257 e. The number of hydrogen-bond acceptors (Lipinski definition) is 3. The Morgan fingerprint density at radius 3 is 3.05 bits per heavy atom. The number of para-hydroxylation sites is 1. The fourth-order valence-electron chi connectivity index (χ4n) is 3.00. The monoisotopic (exact) mass is 274 g/mol. The van der Waals surface area contributed by atoms with Gasteiger partial charge in [-0.25, -0.2) is 0 Å². The standard InChI is InChI=1S/C16H22N2O2/c19-16-14-6-1-2-7-15(14)20-12-11-18(16)10-8-13-5-3-4-9-17-13/h1-2,6-7,13,17H,3-5,8-12H2. The van der Waals surface area contributed by atoms with Crippen molar-refractivity contribution in [2.45, 2.75) is 31.7 Å². The maximum atomic E-state index is 12.5. The lowest BCUT2D eigenvalue weighted by atomic mass is 10.0. The van der Waals surface area contributed by atoms with Crippen LogP contribution in [-0.4, -0.2) is 43.1 Å². The third-order valence-electron chi connectivity index (χ3n) is 4.18. The molecule has 0 radical (unpaired) electrons. The normalized spacial score (nSPS) is 22.9. The van der Waals surface area contributed by atoms with E-state index in [-0.39, 0.29) is 5.91 Å². The molecule has 2 aliphatic rings. The minimum Gasteiger partial charge on any atom is -0.491 e. The van der Waals surface area contributed by atoms with Crippen LogP contribution >= 0.6 is 0 Å². The van der Waals surface area contributed by atoms with Crippen molar-refractivity contribution in [3.63, 3.8) is 0 Å². The zero-order valence-electron chi connectivity index (χ0n) is 11.8. The molecule has 1 amide bonds. The van der Waals surface area contributed by atoms with Gasteiger partial charge < -0.3 is 15.0 Å². The first-order valence-electron chi connectivity index (χ1n) is 7.59. The van der Waals surface area contributed by atoms with Crippen molar-refractivity contribution < 1.29 is 9.53 Å². The number of amides is 1. The first-order valence-corrected chi connectivity index (χ1v) is 7.59. The zero-order valence-corrected chi connectivity index (χ0v) is 11.8. The molecule has 1 fully saturated rings.